The summed E-state index contributed by atoms with van der Waals surface area (Å²) in [5, 5.41) is 16.3. The van der Waals surface area contributed by atoms with Crippen LogP contribution in [0.3, 0.4) is 0 Å². The number of hydrogen-bond acceptors (Lipinski definition) is 5. The molecule has 6 heteroatoms. The molecule has 2 heterocycles. The predicted molar refractivity (Wildman–Crippen MR) is 80.6 cm³/mol. The third-order valence-electron chi connectivity index (χ3n) is 3.14. The van der Waals surface area contributed by atoms with E-state index in [0.29, 0.717) is 24.2 Å². The lowest BCUT2D eigenvalue weighted by Crippen LogP contribution is -2.14. The summed E-state index contributed by atoms with van der Waals surface area (Å²) in [5.41, 5.74) is 2.26. The summed E-state index contributed by atoms with van der Waals surface area (Å²) in [6.07, 6.45) is 0. The van der Waals surface area contributed by atoms with Crippen molar-refractivity contribution >= 4 is 28.3 Å². The van der Waals surface area contributed by atoms with Gasteiger partial charge in [-0.2, -0.15) is 0 Å². The first-order valence-corrected chi connectivity index (χ1v) is 7.38. The number of aromatic carboxylic acids is 1. The molecule has 0 aliphatic heterocycles. The van der Waals surface area contributed by atoms with Gasteiger partial charge in [-0.25, -0.2) is 9.78 Å². The van der Waals surface area contributed by atoms with Crippen LogP contribution >= 0.6 is 11.3 Å². The van der Waals surface area contributed by atoms with Gasteiger partial charge in [-0.1, -0.05) is 18.2 Å². The van der Waals surface area contributed by atoms with E-state index in [1.807, 2.05) is 30.5 Å². The molecule has 0 saturated heterocycles. The van der Waals surface area contributed by atoms with Gasteiger partial charge < -0.3 is 14.8 Å². The zero-order valence-corrected chi connectivity index (χ0v) is 12.2. The van der Waals surface area contributed by atoms with E-state index in [9.17, 15) is 9.90 Å². The minimum absolute atomic E-state index is 0.000908. The molecule has 3 aromatic rings. The standard InChI is InChI=1S/C15H14N2O3S/c1-9-8-21-13(17-9)7-16-6-11-10-4-2-3-5-12(10)20-14(11)15(18)19/h2-5,8,16H,6-7H2,1H3,(H,18,19). The first-order valence-electron chi connectivity index (χ1n) is 6.50. The van der Waals surface area contributed by atoms with Gasteiger partial charge in [0.25, 0.3) is 0 Å². The number of nitrogens with one attached hydrogen (secondary N) is 1. The number of para-hydroxylation sites is 1. The molecule has 3 rings (SSSR count). The van der Waals surface area contributed by atoms with Crippen molar-refractivity contribution in [2.45, 2.75) is 20.0 Å². The second-order valence-corrected chi connectivity index (χ2v) is 5.64. The van der Waals surface area contributed by atoms with Crippen LogP contribution in [0.25, 0.3) is 11.0 Å². The quantitative estimate of drug-likeness (QED) is 0.757. The highest BCUT2D eigenvalue weighted by molar-refractivity contribution is 7.09. The van der Waals surface area contributed by atoms with Crippen LogP contribution in [0.15, 0.2) is 34.1 Å². The Morgan fingerprint density at radius 1 is 1.38 bits per heavy atom. The van der Waals surface area contributed by atoms with Crippen molar-refractivity contribution in [2.75, 3.05) is 0 Å². The molecule has 0 bridgehead atoms. The van der Waals surface area contributed by atoms with Crippen molar-refractivity contribution in [3.63, 3.8) is 0 Å². The lowest BCUT2D eigenvalue weighted by Gasteiger charge is -2.02. The highest BCUT2D eigenvalue weighted by atomic mass is 32.1. The molecular formula is C15H14N2O3S. The number of hydrogen-bond donors (Lipinski definition) is 2. The van der Waals surface area contributed by atoms with Crippen LogP contribution in [0.1, 0.15) is 26.8 Å². The van der Waals surface area contributed by atoms with Crippen LogP contribution in [0, 0.1) is 6.92 Å². The lowest BCUT2D eigenvalue weighted by molar-refractivity contribution is 0.0663. The zero-order valence-electron chi connectivity index (χ0n) is 11.4. The molecule has 2 aromatic heterocycles. The second-order valence-electron chi connectivity index (χ2n) is 4.70. The molecule has 0 amide bonds. The number of benzene rings is 1. The Morgan fingerprint density at radius 3 is 2.90 bits per heavy atom. The monoisotopic (exact) mass is 302 g/mol. The summed E-state index contributed by atoms with van der Waals surface area (Å²) in [5.74, 6) is -1.05. The van der Waals surface area contributed by atoms with Crippen LogP contribution in [0.2, 0.25) is 0 Å². The van der Waals surface area contributed by atoms with Gasteiger partial charge in [0, 0.05) is 35.1 Å². The highest BCUT2D eigenvalue weighted by Crippen LogP contribution is 2.26. The third-order valence-corrected chi connectivity index (χ3v) is 4.10. The average Bonchev–Trinajstić information content (AvgIpc) is 3.03. The maximum absolute atomic E-state index is 11.3. The number of carboxylic acids is 1. The third kappa shape index (κ3) is 2.81. The Morgan fingerprint density at radius 2 is 2.19 bits per heavy atom. The minimum atomic E-state index is -1.05. The van der Waals surface area contributed by atoms with Crippen LogP contribution in [0.4, 0.5) is 0 Å². The number of nitrogens with zero attached hydrogens (tertiary/aromatic N) is 1. The Hall–Kier alpha value is -2.18. The maximum atomic E-state index is 11.3. The van der Waals surface area contributed by atoms with E-state index < -0.39 is 5.97 Å². The lowest BCUT2D eigenvalue weighted by atomic mass is 10.1. The minimum Gasteiger partial charge on any atom is -0.475 e. The number of carbonyl (C=O) groups is 1. The van der Waals surface area contributed by atoms with Gasteiger partial charge in [-0.15, -0.1) is 11.3 Å². The molecule has 0 atom stereocenters. The molecule has 2 N–H and O–H groups in total. The summed E-state index contributed by atoms with van der Waals surface area (Å²) in [7, 11) is 0. The van der Waals surface area contributed by atoms with Crippen molar-refractivity contribution in [3.05, 3.63) is 51.7 Å². The molecule has 0 unspecified atom stereocenters. The Bertz CT molecular complexity index is 791. The average molecular weight is 302 g/mol. The van der Waals surface area contributed by atoms with Gasteiger partial charge in [0.1, 0.15) is 10.6 Å². The zero-order chi connectivity index (χ0) is 14.8. The SMILES string of the molecule is Cc1csc(CNCc2c(C(=O)O)oc3ccccc23)n1. The van der Waals surface area contributed by atoms with Crippen LogP contribution in [0.5, 0.6) is 0 Å². The molecule has 1 aromatic carbocycles. The Balaban J connectivity index is 1.82. The van der Waals surface area contributed by atoms with Crippen LogP contribution in [-0.2, 0) is 13.1 Å². The fourth-order valence-electron chi connectivity index (χ4n) is 2.23. The molecule has 108 valence electrons. The number of thiazole rings is 1. The summed E-state index contributed by atoms with van der Waals surface area (Å²) in [4.78, 5) is 15.7. The number of fused-ring (bicyclic) bond motifs is 1. The van der Waals surface area contributed by atoms with Gasteiger partial charge in [-0.3, -0.25) is 0 Å². The van der Waals surface area contributed by atoms with Crippen molar-refractivity contribution in [1.82, 2.24) is 10.3 Å². The normalized spacial score (nSPS) is 11.1. The molecule has 21 heavy (non-hydrogen) atoms. The van der Waals surface area contributed by atoms with Crippen LogP contribution < -0.4 is 5.32 Å². The fraction of sp³-hybridized carbons (Fsp3) is 0.200. The number of aryl methyl sites for hydroxylation is 1. The molecule has 0 aliphatic carbocycles. The summed E-state index contributed by atoms with van der Waals surface area (Å²) in [6, 6.07) is 7.34. The van der Waals surface area contributed by atoms with E-state index in [2.05, 4.69) is 10.3 Å². The number of rotatable bonds is 5. The largest absolute Gasteiger partial charge is 0.475 e. The van der Waals surface area contributed by atoms with Gasteiger partial charge >= 0.3 is 5.97 Å². The Kier molecular flexibility index (Phi) is 3.72. The van der Waals surface area contributed by atoms with E-state index in [-0.39, 0.29) is 5.76 Å². The molecule has 5 nitrogen and oxygen atoms in total. The van der Waals surface area contributed by atoms with Gasteiger partial charge in [0.15, 0.2) is 0 Å². The van der Waals surface area contributed by atoms with Gasteiger partial charge in [0.2, 0.25) is 5.76 Å². The fourth-order valence-corrected chi connectivity index (χ4v) is 2.97. The molecule has 0 radical (unpaired) electrons. The second kappa shape index (κ2) is 5.67. The van der Waals surface area contributed by atoms with Crippen molar-refractivity contribution in [3.8, 4) is 0 Å². The van der Waals surface area contributed by atoms with E-state index in [1.165, 1.54) is 0 Å². The van der Waals surface area contributed by atoms with Crippen molar-refractivity contribution < 1.29 is 14.3 Å². The summed E-state index contributed by atoms with van der Waals surface area (Å²) in [6.45, 7) is 2.99. The molecular weight excluding hydrogens is 288 g/mol. The molecule has 0 saturated carbocycles. The molecule has 0 spiro atoms. The van der Waals surface area contributed by atoms with Gasteiger partial charge in [0.05, 0.1) is 0 Å². The first kappa shape index (κ1) is 13.8. The Labute approximate surface area is 125 Å². The topological polar surface area (TPSA) is 75.4 Å². The first-order chi connectivity index (χ1) is 10.1. The van der Waals surface area contributed by atoms with Crippen molar-refractivity contribution in [2.24, 2.45) is 0 Å². The van der Waals surface area contributed by atoms with Crippen molar-refractivity contribution in [1.29, 1.82) is 0 Å². The van der Waals surface area contributed by atoms with E-state index >= 15 is 0 Å². The maximum Gasteiger partial charge on any atom is 0.372 e. The van der Waals surface area contributed by atoms with Gasteiger partial charge in [-0.05, 0) is 13.0 Å². The summed E-state index contributed by atoms with van der Waals surface area (Å²) < 4.78 is 5.41. The molecule has 0 fully saturated rings. The van der Waals surface area contributed by atoms with E-state index in [1.54, 1.807) is 17.4 Å². The summed E-state index contributed by atoms with van der Waals surface area (Å²) >= 11 is 1.59. The van der Waals surface area contributed by atoms with E-state index in [4.69, 9.17) is 4.42 Å². The molecule has 0 aliphatic rings. The van der Waals surface area contributed by atoms with Crippen LogP contribution in [-0.4, -0.2) is 16.1 Å². The predicted octanol–water partition coefficient (Wildman–Crippen LogP) is 3.19. The van der Waals surface area contributed by atoms with E-state index in [0.717, 1.165) is 16.1 Å². The number of carboxylic acid groups (broad SMARTS) is 1. The number of aromatic nitrogens is 1. The highest BCUT2D eigenvalue weighted by Gasteiger charge is 2.19. The smallest absolute Gasteiger partial charge is 0.372 e. The number of furan rings is 1.